The van der Waals surface area contributed by atoms with Crippen LogP contribution >= 0.6 is 11.6 Å². The van der Waals surface area contributed by atoms with Crippen LogP contribution in [0, 0.1) is 0 Å². The van der Waals surface area contributed by atoms with Gasteiger partial charge in [0.2, 0.25) is 5.95 Å². The topological polar surface area (TPSA) is 41.1 Å². The van der Waals surface area contributed by atoms with E-state index >= 15 is 0 Å². The fraction of sp³-hybridized carbons (Fsp3) is 0.125. The molecule has 0 radical (unpaired) electrons. The Labute approximate surface area is 128 Å². The summed E-state index contributed by atoms with van der Waals surface area (Å²) in [6, 6.07) is 15.5. The number of hydrogen-bond donors (Lipinski definition) is 1. The van der Waals surface area contributed by atoms with E-state index in [-0.39, 0.29) is 0 Å². The molecule has 0 unspecified atom stereocenters. The summed E-state index contributed by atoms with van der Waals surface area (Å²) in [7, 11) is 3.84. The Balaban J connectivity index is 2.16. The van der Waals surface area contributed by atoms with E-state index in [1.54, 1.807) is 0 Å². The highest BCUT2D eigenvalue weighted by Crippen LogP contribution is 2.28. The van der Waals surface area contributed by atoms with Crippen molar-refractivity contribution in [2.45, 2.75) is 0 Å². The zero-order valence-corrected chi connectivity index (χ0v) is 12.6. The van der Waals surface area contributed by atoms with Gasteiger partial charge >= 0.3 is 0 Å². The summed E-state index contributed by atoms with van der Waals surface area (Å²) in [5.41, 5.74) is 1.83. The Kier molecular flexibility index (Phi) is 3.62. The zero-order chi connectivity index (χ0) is 14.8. The lowest BCUT2D eigenvalue weighted by Gasteiger charge is -2.15. The standard InChI is InChI=1S/C16H15ClN4/c1-21(2)16-19-14-9-8-11(17)10-13(14)15(20-16)18-12-6-4-3-5-7-12/h3-10H,1-2H3,(H,18,19,20). The number of halogens is 1. The van der Waals surface area contributed by atoms with Gasteiger partial charge in [-0.05, 0) is 30.3 Å². The normalized spacial score (nSPS) is 10.6. The van der Waals surface area contributed by atoms with Crippen molar-refractivity contribution in [1.29, 1.82) is 0 Å². The molecule has 21 heavy (non-hydrogen) atoms. The molecule has 0 fully saturated rings. The average Bonchev–Trinajstić information content (AvgIpc) is 2.48. The van der Waals surface area contributed by atoms with Crippen molar-refractivity contribution in [2.24, 2.45) is 0 Å². The largest absolute Gasteiger partial charge is 0.347 e. The summed E-state index contributed by atoms with van der Waals surface area (Å²) in [5, 5.41) is 4.90. The van der Waals surface area contributed by atoms with Crippen LogP contribution < -0.4 is 10.2 Å². The summed E-state index contributed by atoms with van der Waals surface area (Å²) in [6.45, 7) is 0. The summed E-state index contributed by atoms with van der Waals surface area (Å²) < 4.78 is 0. The molecule has 0 aliphatic carbocycles. The molecular formula is C16H15ClN4. The quantitative estimate of drug-likeness (QED) is 0.790. The molecule has 0 saturated heterocycles. The van der Waals surface area contributed by atoms with Crippen LogP contribution in [0.15, 0.2) is 48.5 Å². The minimum Gasteiger partial charge on any atom is -0.347 e. The van der Waals surface area contributed by atoms with Crippen LogP contribution in [-0.2, 0) is 0 Å². The first kappa shape index (κ1) is 13.6. The molecular weight excluding hydrogens is 284 g/mol. The molecule has 1 heterocycles. The number of rotatable bonds is 3. The Bertz CT molecular complexity index is 772. The van der Waals surface area contributed by atoms with Crippen molar-refractivity contribution < 1.29 is 0 Å². The van der Waals surface area contributed by atoms with Gasteiger partial charge in [-0.15, -0.1) is 0 Å². The first-order valence-corrected chi connectivity index (χ1v) is 6.98. The van der Waals surface area contributed by atoms with E-state index in [1.807, 2.05) is 67.5 Å². The van der Waals surface area contributed by atoms with Crippen molar-refractivity contribution in [1.82, 2.24) is 9.97 Å². The fourth-order valence-electron chi connectivity index (χ4n) is 2.04. The van der Waals surface area contributed by atoms with Crippen LogP contribution in [0.25, 0.3) is 10.9 Å². The molecule has 106 valence electrons. The van der Waals surface area contributed by atoms with Crippen LogP contribution in [0.5, 0.6) is 0 Å². The number of nitrogens with zero attached hydrogens (tertiary/aromatic N) is 3. The van der Waals surface area contributed by atoms with Crippen LogP contribution in [-0.4, -0.2) is 24.1 Å². The number of anilines is 3. The number of benzene rings is 2. The number of fused-ring (bicyclic) bond motifs is 1. The van der Waals surface area contributed by atoms with Crippen molar-refractivity contribution in [2.75, 3.05) is 24.3 Å². The van der Waals surface area contributed by atoms with E-state index in [4.69, 9.17) is 11.6 Å². The molecule has 1 aromatic heterocycles. The monoisotopic (exact) mass is 298 g/mol. The second kappa shape index (κ2) is 5.58. The van der Waals surface area contributed by atoms with E-state index in [1.165, 1.54) is 0 Å². The van der Waals surface area contributed by atoms with Gasteiger partial charge in [0.25, 0.3) is 0 Å². The minimum absolute atomic E-state index is 0.656. The van der Waals surface area contributed by atoms with Gasteiger partial charge in [-0.1, -0.05) is 29.8 Å². The molecule has 4 nitrogen and oxygen atoms in total. The minimum atomic E-state index is 0.656. The summed E-state index contributed by atoms with van der Waals surface area (Å²) in [5.74, 6) is 1.40. The van der Waals surface area contributed by atoms with E-state index in [9.17, 15) is 0 Å². The predicted molar refractivity (Wildman–Crippen MR) is 88.6 cm³/mol. The Morgan fingerprint density at radius 3 is 2.48 bits per heavy atom. The SMILES string of the molecule is CN(C)c1nc(Nc2ccccc2)c2cc(Cl)ccc2n1. The van der Waals surface area contributed by atoms with Crippen molar-refractivity contribution >= 4 is 40.0 Å². The molecule has 1 N–H and O–H groups in total. The third-order valence-electron chi connectivity index (χ3n) is 3.08. The lowest BCUT2D eigenvalue weighted by Crippen LogP contribution is -2.13. The summed E-state index contributed by atoms with van der Waals surface area (Å²) >= 11 is 6.10. The van der Waals surface area contributed by atoms with Gasteiger partial charge in [0.15, 0.2) is 0 Å². The lowest BCUT2D eigenvalue weighted by atomic mass is 10.2. The molecule has 0 amide bonds. The van der Waals surface area contributed by atoms with E-state index in [0.717, 1.165) is 22.4 Å². The highest BCUT2D eigenvalue weighted by atomic mass is 35.5. The smallest absolute Gasteiger partial charge is 0.227 e. The van der Waals surface area contributed by atoms with Crippen LogP contribution in [0.1, 0.15) is 0 Å². The Morgan fingerprint density at radius 2 is 1.76 bits per heavy atom. The highest BCUT2D eigenvalue weighted by molar-refractivity contribution is 6.31. The maximum absolute atomic E-state index is 6.10. The van der Waals surface area contributed by atoms with Crippen LogP contribution in [0.4, 0.5) is 17.5 Å². The van der Waals surface area contributed by atoms with E-state index in [2.05, 4.69) is 15.3 Å². The fourth-order valence-corrected chi connectivity index (χ4v) is 2.21. The highest BCUT2D eigenvalue weighted by Gasteiger charge is 2.10. The molecule has 3 rings (SSSR count). The molecule has 0 aliphatic heterocycles. The average molecular weight is 299 g/mol. The zero-order valence-electron chi connectivity index (χ0n) is 11.8. The van der Waals surface area contributed by atoms with Gasteiger partial charge < -0.3 is 10.2 Å². The van der Waals surface area contributed by atoms with Crippen molar-refractivity contribution in [3.8, 4) is 0 Å². The number of hydrogen-bond acceptors (Lipinski definition) is 4. The van der Waals surface area contributed by atoms with Crippen LogP contribution in [0.2, 0.25) is 5.02 Å². The van der Waals surface area contributed by atoms with Gasteiger partial charge in [-0.25, -0.2) is 4.98 Å². The van der Waals surface area contributed by atoms with E-state index in [0.29, 0.717) is 11.0 Å². The molecule has 0 saturated carbocycles. The second-order valence-corrected chi connectivity index (χ2v) is 5.36. The molecule has 2 aromatic carbocycles. The second-order valence-electron chi connectivity index (χ2n) is 4.92. The first-order valence-electron chi connectivity index (χ1n) is 6.60. The first-order chi connectivity index (χ1) is 10.1. The summed E-state index contributed by atoms with van der Waals surface area (Å²) in [6.07, 6.45) is 0. The Hall–Kier alpha value is -2.33. The van der Waals surface area contributed by atoms with E-state index < -0.39 is 0 Å². The number of nitrogens with one attached hydrogen (secondary N) is 1. The molecule has 0 spiro atoms. The van der Waals surface area contributed by atoms with Crippen LogP contribution in [0.3, 0.4) is 0 Å². The molecule has 0 aliphatic rings. The maximum Gasteiger partial charge on any atom is 0.227 e. The summed E-state index contributed by atoms with van der Waals surface area (Å²) in [4.78, 5) is 11.0. The van der Waals surface area contributed by atoms with Crippen molar-refractivity contribution in [3.05, 3.63) is 53.6 Å². The van der Waals surface area contributed by atoms with Gasteiger partial charge in [0.1, 0.15) is 5.82 Å². The third kappa shape index (κ3) is 2.90. The number of para-hydroxylation sites is 1. The molecule has 3 aromatic rings. The van der Waals surface area contributed by atoms with Gasteiger partial charge in [-0.2, -0.15) is 4.98 Å². The molecule has 0 atom stereocenters. The third-order valence-corrected chi connectivity index (χ3v) is 3.32. The lowest BCUT2D eigenvalue weighted by molar-refractivity contribution is 1.02. The van der Waals surface area contributed by atoms with Gasteiger partial charge in [0.05, 0.1) is 5.52 Å². The predicted octanol–water partition coefficient (Wildman–Crippen LogP) is 4.09. The van der Waals surface area contributed by atoms with Gasteiger partial charge in [0, 0.05) is 30.2 Å². The van der Waals surface area contributed by atoms with Gasteiger partial charge in [-0.3, -0.25) is 0 Å². The van der Waals surface area contributed by atoms with Crippen molar-refractivity contribution in [3.63, 3.8) is 0 Å². The molecule has 5 heteroatoms. The number of aromatic nitrogens is 2. The molecule has 0 bridgehead atoms. The maximum atomic E-state index is 6.10. The Morgan fingerprint density at radius 1 is 1.00 bits per heavy atom.